The zero-order valence-corrected chi connectivity index (χ0v) is 18.4. The number of thiazole rings is 1. The molecule has 0 aliphatic rings. The summed E-state index contributed by atoms with van der Waals surface area (Å²) in [7, 11) is -3.70. The maximum atomic E-state index is 12.7. The van der Waals surface area contributed by atoms with E-state index in [1.165, 1.54) is 33.8 Å². The van der Waals surface area contributed by atoms with Crippen LogP contribution in [-0.2, 0) is 21.2 Å². The molecule has 2 heterocycles. The Morgan fingerprint density at radius 2 is 1.97 bits per heavy atom. The van der Waals surface area contributed by atoms with E-state index >= 15 is 0 Å². The molecular weight excluding hydrogens is 430 g/mol. The van der Waals surface area contributed by atoms with E-state index in [2.05, 4.69) is 10.3 Å². The van der Waals surface area contributed by atoms with E-state index in [9.17, 15) is 18.3 Å². The lowest BCUT2D eigenvalue weighted by Crippen LogP contribution is -2.30. The van der Waals surface area contributed by atoms with Gasteiger partial charge in [0.05, 0.1) is 27.6 Å². The predicted octanol–water partition coefficient (Wildman–Crippen LogP) is 3.79. The number of hydrogen-bond donors (Lipinski definition) is 2. The van der Waals surface area contributed by atoms with Crippen LogP contribution in [0.25, 0.3) is 9.88 Å². The number of hydrogen-bond acceptors (Lipinski definition) is 7. The molecule has 0 fully saturated rings. The average molecular weight is 452 g/mol. The third kappa shape index (κ3) is 4.84. The van der Waals surface area contributed by atoms with Crippen LogP contribution in [0.3, 0.4) is 0 Å². The number of sulfonamides is 1. The number of nitrogens with one attached hydrogen (secondary N) is 1. The summed E-state index contributed by atoms with van der Waals surface area (Å²) in [4.78, 5) is 17.9. The van der Waals surface area contributed by atoms with Crippen LogP contribution in [-0.4, -0.2) is 41.8 Å². The Labute approximate surface area is 177 Å². The van der Waals surface area contributed by atoms with Gasteiger partial charge in [-0.05, 0) is 29.6 Å². The van der Waals surface area contributed by atoms with Crippen molar-refractivity contribution in [2.45, 2.75) is 25.2 Å². The quantitative estimate of drug-likeness (QED) is 0.508. The molecule has 10 heteroatoms. The summed E-state index contributed by atoms with van der Waals surface area (Å²) in [6.45, 7) is 4.17. The second-order valence-corrected chi connectivity index (χ2v) is 9.86. The monoisotopic (exact) mass is 451 g/mol. The average Bonchev–Trinajstić information content (AvgIpc) is 3.35. The predicted molar refractivity (Wildman–Crippen MR) is 116 cm³/mol. The lowest BCUT2D eigenvalue weighted by Gasteiger charge is -2.19. The lowest BCUT2D eigenvalue weighted by molar-refractivity contribution is -0.115. The second kappa shape index (κ2) is 9.04. The first-order valence-corrected chi connectivity index (χ1v) is 12.2. The summed E-state index contributed by atoms with van der Waals surface area (Å²) >= 11 is 3.03. The number of carbonyl (C=O) groups excluding carboxylic acids is 1. The largest absolute Gasteiger partial charge is 0.506 e. The fraction of sp³-hybridized carbons (Fsp3) is 0.263. The van der Waals surface area contributed by atoms with Gasteiger partial charge in [0.15, 0.2) is 0 Å². The number of anilines is 1. The van der Waals surface area contributed by atoms with Crippen molar-refractivity contribution in [1.82, 2.24) is 9.29 Å². The van der Waals surface area contributed by atoms with Crippen LogP contribution in [0.2, 0.25) is 0 Å². The van der Waals surface area contributed by atoms with Crippen molar-refractivity contribution in [3.05, 3.63) is 46.8 Å². The topological polar surface area (TPSA) is 99.6 Å². The summed E-state index contributed by atoms with van der Waals surface area (Å²) in [5, 5.41) is 17.3. The molecule has 0 saturated heterocycles. The van der Waals surface area contributed by atoms with Gasteiger partial charge in [-0.1, -0.05) is 19.9 Å². The number of rotatable bonds is 8. The maximum Gasteiger partial charge on any atom is 0.243 e. The summed E-state index contributed by atoms with van der Waals surface area (Å²) in [5.74, 6) is -0.588. The van der Waals surface area contributed by atoms with E-state index in [0.717, 1.165) is 9.88 Å². The van der Waals surface area contributed by atoms with Crippen LogP contribution < -0.4 is 5.32 Å². The molecule has 0 aliphatic heterocycles. The molecule has 3 aromatic rings. The SMILES string of the molecule is CCN(CC)S(=O)(=O)c1ccc(O)c(NC(=O)Cc2csc(-c3cccs3)n2)c1. The molecule has 0 unspecified atom stereocenters. The molecule has 2 N–H and O–H groups in total. The Hall–Kier alpha value is -2.27. The first-order chi connectivity index (χ1) is 13.8. The first-order valence-electron chi connectivity index (χ1n) is 8.96. The van der Waals surface area contributed by atoms with Gasteiger partial charge in [-0.3, -0.25) is 4.79 Å². The summed E-state index contributed by atoms with van der Waals surface area (Å²) in [5.41, 5.74) is 0.666. The molecule has 0 bridgehead atoms. The normalized spacial score (nSPS) is 11.7. The molecule has 1 aromatic carbocycles. The second-order valence-electron chi connectivity index (χ2n) is 6.11. The highest BCUT2D eigenvalue weighted by atomic mass is 32.2. The van der Waals surface area contributed by atoms with Crippen molar-refractivity contribution >= 4 is 44.3 Å². The van der Waals surface area contributed by atoms with Crippen molar-refractivity contribution < 1.29 is 18.3 Å². The van der Waals surface area contributed by atoms with E-state index in [-0.39, 0.29) is 28.7 Å². The molecule has 0 spiro atoms. The van der Waals surface area contributed by atoms with Crippen LogP contribution >= 0.6 is 22.7 Å². The Balaban J connectivity index is 1.75. The molecule has 0 saturated carbocycles. The molecule has 0 aliphatic carbocycles. The fourth-order valence-electron chi connectivity index (χ4n) is 2.75. The van der Waals surface area contributed by atoms with Crippen molar-refractivity contribution in [2.24, 2.45) is 0 Å². The molecule has 0 radical (unpaired) electrons. The number of benzene rings is 1. The molecule has 3 rings (SSSR count). The summed E-state index contributed by atoms with van der Waals surface area (Å²) in [6, 6.07) is 7.78. The highest BCUT2D eigenvalue weighted by Gasteiger charge is 2.23. The molecular formula is C19H21N3O4S3. The van der Waals surface area contributed by atoms with Gasteiger partial charge in [0.25, 0.3) is 0 Å². The Morgan fingerprint density at radius 3 is 2.62 bits per heavy atom. The van der Waals surface area contributed by atoms with Gasteiger partial charge in [-0.15, -0.1) is 22.7 Å². The number of aromatic hydroxyl groups is 1. The van der Waals surface area contributed by atoms with Crippen LogP contribution in [0.1, 0.15) is 19.5 Å². The van der Waals surface area contributed by atoms with E-state index in [1.807, 2.05) is 22.9 Å². The molecule has 7 nitrogen and oxygen atoms in total. The molecule has 1 amide bonds. The van der Waals surface area contributed by atoms with Crippen LogP contribution in [0, 0.1) is 0 Å². The maximum absolute atomic E-state index is 12.7. The number of amides is 1. The third-order valence-electron chi connectivity index (χ3n) is 4.21. The van der Waals surface area contributed by atoms with E-state index in [1.54, 1.807) is 25.2 Å². The van der Waals surface area contributed by atoms with E-state index < -0.39 is 10.0 Å². The Bertz CT molecular complexity index is 1090. The number of phenolic OH excluding ortho intramolecular Hbond substituents is 1. The number of aromatic nitrogens is 1. The van der Waals surface area contributed by atoms with Crippen molar-refractivity contribution in [2.75, 3.05) is 18.4 Å². The molecule has 2 aromatic heterocycles. The highest BCUT2D eigenvalue weighted by Crippen LogP contribution is 2.30. The molecule has 29 heavy (non-hydrogen) atoms. The minimum atomic E-state index is -3.70. The van der Waals surface area contributed by atoms with E-state index in [0.29, 0.717) is 18.8 Å². The fourth-order valence-corrected chi connectivity index (χ4v) is 5.87. The van der Waals surface area contributed by atoms with Crippen molar-refractivity contribution in [1.29, 1.82) is 0 Å². The zero-order valence-electron chi connectivity index (χ0n) is 16.0. The van der Waals surface area contributed by atoms with Gasteiger partial charge in [-0.2, -0.15) is 4.31 Å². The number of phenols is 1. The van der Waals surface area contributed by atoms with Gasteiger partial charge in [0.1, 0.15) is 10.8 Å². The zero-order chi connectivity index (χ0) is 21.0. The molecule has 0 atom stereocenters. The van der Waals surface area contributed by atoms with Gasteiger partial charge < -0.3 is 10.4 Å². The van der Waals surface area contributed by atoms with Crippen LogP contribution in [0.15, 0.2) is 46.0 Å². The van der Waals surface area contributed by atoms with Gasteiger partial charge in [0, 0.05) is 18.5 Å². The van der Waals surface area contributed by atoms with Crippen molar-refractivity contribution in [3.8, 4) is 15.6 Å². The van der Waals surface area contributed by atoms with Gasteiger partial charge in [0.2, 0.25) is 15.9 Å². The Kier molecular flexibility index (Phi) is 6.68. The highest BCUT2D eigenvalue weighted by molar-refractivity contribution is 7.89. The number of nitrogens with zero attached hydrogens (tertiary/aromatic N) is 2. The third-order valence-corrected chi connectivity index (χ3v) is 8.19. The van der Waals surface area contributed by atoms with Crippen molar-refractivity contribution in [3.63, 3.8) is 0 Å². The van der Waals surface area contributed by atoms with Crippen LogP contribution in [0.5, 0.6) is 5.75 Å². The van der Waals surface area contributed by atoms with Gasteiger partial charge >= 0.3 is 0 Å². The standard InChI is InChI=1S/C19H21N3O4S3/c1-3-22(4-2)29(25,26)14-7-8-16(23)15(11-14)21-18(24)10-13-12-28-19(20-13)17-6-5-9-27-17/h5-9,11-12,23H,3-4,10H2,1-2H3,(H,21,24). The molecule has 154 valence electrons. The van der Waals surface area contributed by atoms with Gasteiger partial charge in [-0.25, -0.2) is 13.4 Å². The first kappa shape index (κ1) is 21.4. The van der Waals surface area contributed by atoms with Crippen LogP contribution in [0.4, 0.5) is 5.69 Å². The minimum absolute atomic E-state index is 0.0166. The number of carbonyl (C=O) groups is 1. The summed E-state index contributed by atoms with van der Waals surface area (Å²) < 4.78 is 26.7. The Morgan fingerprint density at radius 1 is 1.21 bits per heavy atom. The lowest BCUT2D eigenvalue weighted by atomic mass is 10.2. The smallest absolute Gasteiger partial charge is 0.243 e. The minimum Gasteiger partial charge on any atom is -0.506 e. The summed E-state index contributed by atoms with van der Waals surface area (Å²) in [6.07, 6.45) is 0.0222. The van der Waals surface area contributed by atoms with E-state index in [4.69, 9.17) is 0 Å². The number of thiophene rings is 1.